The van der Waals surface area contributed by atoms with Gasteiger partial charge in [-0.1, -0.05) is 25.1 Å². The highest BCUT2D eigenvalue weighted by atomic mass is 16.5. The van der Waals surface area contributed by atoms with E-state index in [-0.39, 0.29) is 5.91 Å². The smallest absolute Gasteiger partial charge is 0.248 e. The number of carbonyl (C=O) groups excluding carboxylic acids is 1. The first-order chi connectivity index (χ1) is 17.9. The highest BCUT2D eigenvalue weighted by Crippen LogP contribution is 2.43. The Morgan fingerprint density at radius 1 is 1.03 bits per heavy atom. The van der Waals surface area contributed by atoms with Gasteiger partial charge in [0.1, 0.15) is 22.8 Å². The van der Waals surface area contributed by atoms with Crippen molar-refractivity contribution in [1.82, 2.24) is 0 Å². The number of hydrogen-bond acceptors (Lipinski definition) is 5. The Hall–Kier alpha value is -4.19. The largest absolute Gasteiger partial charge is 0.497 e. The third-order valence-electron chi connectivity index (χ3n) is 6.46. The summed E-state index contributed by atoms with van der Waals surface area (Å²) in [6, 6.07) is 15.5. The number of benzene rings is 3. The number of furan rings is 1. The van der Waals surface area contributed by atoms with Gasteiger partial charge in [0.05, 0.1) is 27.1 Å². The Bertz CT molecular complexity index is 1460. The highest BCUT2D eigenvalue weighted by Gasteiger charge is 2.21. The van der Waals surface area contributed by atoms with Crippen LogP contribution in [0, 0.1) is 6.92 Å². The predicted octanol–water partition coefficient (Wildman–Crippen LogP) is 7.43. The highest BCUT2D eigenvalue weighted by molar-refractivity contribution is 6.06. The minimum absolute atomic E-state index is 0.194. The molecule has 1 N–H and O–H groups in total. The molecule has 0 fully saturated rings. The molecule has 1 amide bonds. The van der Waals surface area contributed by atoms with Gasteiger partial charge in [0, 0.05) is 39.4 Å². The molecule has 1 aromatic heterocycles. The molecule has 0 atom stereocenters. The second-order valence-corrected chi connectivity index (χ2v) is 8.73. The molecule has 0 saturated carbocycles. The number of allylic oxidation sites excluding steroid dienone is 1. The molecule has 192 valence electrons. The molecule has 4 aromatic rings. The first-order valence-corrected chi connectivity index (χ1v) is 12.4. The summed E-state index contributed by atoms with van der Waals surface area (Å²) in [5, 5.41) is 3.92. The Labute approximate surface area is 217 Å². The molecular weight excluding hydrogens is 466 g/mol. The van der Waals surface area contributed by atoms with Crippen LogP contribution in [0.4, 0.5) is 5.69 Å². The number of hydrogen-bond donors (Lipinski definition) is 1. The quantitative estimate of drug-likeness (QED) is 0.243. The van der Waals surface area contributed by atoms with E-state index in [4.69, 9.17) is 18.6 Å². The standard InChI is InChI=1S/C31H33NO5/c1-7-21-11-9-10-12-27(21)32-29(33)15-19(3)23-17-25-26(18-37-31(25)20(4)30(23)36-8-2)24-16-22(34-5)13-14-28(24)35-6/h9-18H,7-8H2,1-6H3,(H,32,33)/b19-15+. The fraction of sp³-hybridized carbons (Fsp3) is 0.258. The number of anilines is 1. The molecule has 6 heteroatoms. The summed E-state index contributed by atoms with van der Waals surface area (Å²) >= 11 is 0. The van der Waals surface area contributed by atoms with Crippen molar-refractivity contribution < 1.29 is 23.4 Å². The van der Waals surface area contributed by atoms with Crippen LogP contribution in [0.3, 0.4) is 0 Å². The summed E-state index contributed by atoms with van der Waals surface area (Å²) in [6.45, 7) is 8.38. The summed E-state index contributed by atoms with van der Waals surface area (Å²) in [7, 11) is 3.27. The van der Waals surface area contributed by atoms with Gasteiger partial charge in [-0.05, 0) is 68.7 Å². The second kappa shape index (κ2) is 11.2. The van der Waals surface area contributed by atoms with Crippen LogP contribution in [-0.2, 0) is 11.2 Å². The van der Waals surface area contributed by atoms with Gasteiger partial charge in [0.15, 0.2) is 0 Å². The van der Waals surface area contributed by atoms with E-state index in [1.54, 1.807) is 26.6 Å². The zero-order chi connectivity index (χ0) is 26.5. The first kappa shape index (κ1) is 25.9. The van der Waals surface area contributed by atoms with Gasteiger partial charge >= 0.3 is 0 Å². The van der Waals surface area contributed by atoms with E-state index >= 15 is 0 Å². The maximum Gasteiger partial charge on any atom is 0.248 e. The van der Waals surface area contributed by atoms with E-state index in [1.807, 2.05) is 69.3 Å². The van der Waals surface area contributed by atoms with E-state index in [9.17, 15) is 4.79 Å². The van der Waals surface area contributed by atoms with Crippen molar-refractivity contribution in [1.29, 1.82) is 0 Å². The predicted molar refractivity (Wildman–Crippen MR) is 149 cm³/mol. The normalized spacial score (nSPS) is 11.5. The Kier molecular flexibility index (Phi) is 7.87. The number of methoxy groups -OCH3 is 2. The van der Waals surface area contributed by atoms with Crippen LogP contribution in [0.1, 0.15) is 37.5 Å². The second-order valence-electron chi connectivity index (χ2n) is 8.73. The number of amides is 1. The van der Waals surface area contributed by atoms with Gasteiger partial charge in [-0.3, -0.25) is 4.79 Å². The number of fused-ring (bicyclic) bond motifs is 1. The molecular formula is C31H33NO5. The van der Waals surface area contributed by atoms with Crippen LogP contribution in [0.25, 0.3) is 27.7 Å². The van der Waals surface area contributed by atoms with Crippen LogP contribution in [0.15, 0.2) is 65.3 Å². The molecule has 0 aliphatic carbocycles. The Morgan fingerprint density at radius 2 is 1.81 bits per heavy atom. The number of nitrogens with one attached hydrogen (secondary N) is 1. The zero-order valence-electron chi connectivity index (χ0n) is 22.2. The number of para-hydroxylation sites is 1. The number of carbonyl (C=O) groups is 1. The molecule has 0 aliphatic heterocycles. The van der Waals surface area contributed by atoms with Crippen LogP contribution in [0.5, 0.6) is 17.2 Å². The molecule has 6 nitrogen and oxygen atoms in total. The minimum Gasteiger partial charge on any atom is -0.497 e. The molecule has 0 spiro atoms. The molecule has 0 unspecified atom stereocenters. The molecule has 0 aliphatic rings. The number of rotatable bonds is 9. The average Bonchev–Trinajstić information content (AvgIpc) is 3.34. The van der Waals surface area contributed by atoms with Gasteiger partial charge in [-0.15, -0.1) is 0 Å². The van der Waals surface area contributed by atoms with Crippen LogP contribution < -0.4 is 19.5 Å². The molecule has 0 bridgehead atoms. The SMILES string of the molecule is CCOc1c(/C(C)=C/C(=O)Nc2ccccc2CC)cc2c(-c3cc(OC)ccc3OC)coc2c1C. The van der Waals surface area contributed by atoms with Crippen molar-refractivity contribution in [3.05, 3.63) is 77.6 Å². The first-order valence-electron chi connectivity index (χ1n) is 12.4. The van der Waals surface area contributed by atoms with Crippen molar-refractivity contribution in [3.63, 3.8) is 0 Å². The lowest BCUT2D eigenvalue weighted by atomic mass is 9.96. The van der Waals surface area contributed by atoms with Crippen molar-refractivity contribution in [2.24, 2.45) is 0 Å². The van der Waals surface area contributed by atoms with Gasteiger partial charge in [0.25, 0.3) is 0 Å². The maximum absolute atomic E-state index is 13.0. The average molecular weight is 500 g/mol. The summed E-state index contributed by atoms with van der Waals surface area (Å²) in [5.74, 6) is 1.93. The van der Waals surface area contributed by atoms with E-state index in [2.05, 4.69) is 12.2 Å². The fourth-order valence-electron chi connectivity index (χ4n) is 4.57. The molecule has 1 heterocycles. The van der Waals surface area contributed by atoms with E-state index in [0.717, 1.165) is 56.5 Å². The minimum atomic E-state index is -0.194. The van der Waals surface area contributed by atoms with Gasteiger partial charge in [-0.2, -0.15) is 0 Å². The summed E-state index contributed by atoms with van der Waals surface area (Å²) in [6.07, 6.45) is 4.17. The topological polar surface area (TPSA) is 69.9 Å². The number of ether oxygens (including phenoxy) is 3. The summed E-state index contributed by atoms with van der Waals surface area (Å²) in [4.78, 5) is 13.0. The monoisotopic (exact) mass is 499 g/mol. The van der Waals surface area contributed by atoms with Crippen molar-refractivity contribution in [2.75, 3.05) is 26.1 Å². The lowest BCUT2D eigenvalue weighted by molar-refractivity contribution is -0.111. The van der Waals surface area contributed by atoms with Gasteiger partial charge in [0.2, 0.25) is 5.91 Å². The summed E-state index contributed by atoms with van der Waals surface area (Å²) < 4.78 is 23.2. The Balaban J connectivity index is 1.83. The van der Waals surface area contributed by atoms with Crippen LogP contribution in [0.2, 0.25) is 0 Å². The molecule has 0 radical (unpaired) electrons. The molecule has 0 saturated heterocycles. The number of aryl methyl sites for hydroxylation is 2. The lowest BCUT2D eigenvalue weighted by Gasteiger charge is -2.15. The van der Waals surface area contributed by atoms with E-state index in [0.29, 0.717) is 23.9 Å². The fourth-order valence-corrected chi connectivity index (χ4v) is 4.57. The zero-order valence-corrected chi connectivity index (χ0v) is 22.2. The van der Waals surface area contributed by atoms with E-state index in [1.165, 1.54) is 0 Å². The molecule has 4 rings (SSSR count). The van der Waals surface area contributed by atoms with Crippen LogP contribution >= 0.6 is 0 Å². The van der Waals surface area contributed by atoms with Crippen molar-refractivity contribution in [3.8, 4) is 28.4 Å². The lowest BCUT2D eigenvalue weighted by Crippen LogP contribution is -2.10. The Morgan fingerprint density at radius 3 is 2.51 bits per heavy atom. The molecule has 3 aromatic carbocycles. The third-order valence-corrected chi connectivity index (χ3v) is 6.46. The van der Waals surface area contributed by atoms with E-state index < -0.39 is 0 Å². The third kappa shape index (κ3) is 5.19. The maximum atomic E-state index is 13.0. The van der Waals surface area contributed by atoms with Gasteiger partial charge in [-0.25, -0.2) is 0 Å². The van der Waals surface area contributed by atoms with Gasteiger partial charge < -0.3 is 23.9 Å². The van der Waals surface area contributed by atoms with Crippen molar-refractivity contribution >= 4 is 28.1 Å². The summed E-state index contributed by atoms with van der Waals surface area (Å²) in [5.41, 5.74) is 6.83. The van der Waals surface area contributed by atoms with Crippen LogP contribution in [-0.4, -0.2) is 26.7 Å². The molecule has 37 heavy (non-hydrogen) atoms. The van der Waals surface area contributed by atoms with Crippen molar-refractivity contribution in [2.45, 2.75) is 34.1 Å².